The quantitative estimate of drug-likeness (QED) is 0.572. The molecule has 1 N–H and O–H groups in total. The molecule has 0 radical (unpaired) electrons. The van der Waals surface area contributed by atoms with Crippen molar-refractivity contribution in [3.05, 3.63) is 96.1 Å². The van der Waals surface area contributed by atoms with Gasteiger partial charge in [0.2, 0.25) is 0 Å². The fourth-order valence-corrected chi connectivity index (χ4v) is 3.52. The van der Waals surface area contributed by atoms with Gasteiger partial charge in [0.15, 0.2) is 0 Å². The van der Waals surface area contributed by atoms with E-state index in [0.717, 1.165) is 11.1 Å². The average molecular weight is 414 g/mol. The molecule has 0 aliphatic carbocycles. The van der Waals surface area contributed by atoms with Gasteiger partial charge in [-0.1, -0.05) is 60.7 Å². The Bertz CT molecular complexity index is 1100. The summed E-state index contributed by atoms with van der Waals surface area (Å²) in [6.45, 7) is 1.83. The van der Waals surface area contributed by atoms with E-state index in [2.05, 4.69) is 10.3 Å². The molecule has 4 rings (SSSR count). The van der Waals surface area contributed by atoms with Crippen molar-refractivity contribution in [2.24, 2.45) is 10.9 Å². The van der Waals surface area contributed by atoms with Gasteiger partial charge in [0.25, 0.3) is 0 Å². The maximum Gasteiger partial charge on any atom is 0.341 e. The van der Waals surface area contributed by atoms with E-state index in [1.54, 1.807) is 6.92 Å². The maximum atomic E-state index is 13.0. The predicted octanol–water partition coefficient (Wildman–Crippen LogP) is 5.06. The molecular weight excluding hydrogens is 392 g/mol. The summed E-state index contributed by atoms with van der Waals surface area (Å²) in [4.78, 5) is 29.0. The van der Waals surface area contributed by atoms with Gasteiger partial charge in [-0.2, -0.15) is 0 Å². The van der Waals surface area contributed by atoms with Crippen LogP contribution in [0.15, 0.2) is 89.9 Å². The SMILES string of the molecule is CC1=NC(=O)NC(c2cccc(Oc3ccccc3)c2)C1C(=O)OCc1ccccc1. The predicted molar refractivity (Wildman–Crippen MR) is 117 cm³/mol. The molecule has 0 bridgehead atoms. The normalized spacial score (nSPS) is 18.0. The number of carbonyl (C=O) groups is 2. The highest BCUT2D eigenvalue weighted by Gasteiger charge is 2.38. The number of carbonyl (C=O) groups excluding carboxylic acids is 2. The molecule has 31 heavy (non-hydrogen) atoms. The Hall–Kier alpha value is -3.93. The zero-order valence-corrected chi connectivity index (χ0v) is 17.0. The molecule has 3 aromatic carbocycles. The molecule has 156 valence electrons. The van der Waals surface area contributed by atoms with Gasteiger partial charge in [-0.05, 0) is 42.3 Å². The van der Waals surface area contributed by atoms with Gasteiger partial charge < -0.3 is 14.8 Å². The summed E-state index contributed by atoms with van der Waals surface area (Å²) >= 11 is 0. The Morgan fingerprint density at radius 3 is 2.35 bits per heavy atom. The molecule has 6 heteroatoms. The van der Waals surface area contributed by atoms with Crippen molar-refractivity contribution in [1.82, 2.24) is 5.32 Å². The maximum absolute atomic E-state index is 13.0. The first kappa shape index (κ1) is 20.3. The number of nitrogens with zero attached hydrogens (tertiary/aromatic N) is 1. The van der Waals surface area contributed by atoms with E-state index in [1.165, 1.54) is 0 Å². The molecule has 2 amide bonds. The summed E-state index contributed by atoms with van der Waals surface area (Å²) in [6.07, 6.45) is 0. The number of hydrogen-bond donors (Lipinski definition) is 1. The second kappa shape index (κ2) is 9.26. The minimum atomic E-state index is -0.728. The molecule has 2 atom stereocenters. The van der Waals surface area contributed by atoms with E-state index >= 15 is 0 Å². The van der Waals surface area contributed by atoms with E-state index in [9.17, 15) is 9.59 Å². The summed E-state index contributed by atoms with van der Waals surface area (Å²) in [5, 5.41) is 2.80. The van der Waals surface area contributed by atoms with Crippen LogP contribution in [0.5, 0.6) is 11.5 Å². The summed E-state index contributed by atoms with van der Waals surface area (Å²) in [5.74, 6) is 0.135. The van der Waals surface area contributed by atoms with Crippen molar-refractivity contribution in [1.29, 1.82) is 0 Å². The molecule has 1 heterocycles. The van der Waals surface area contributed by atoms with Crippen LogP contribution in [0.3, 0.4) is 0 Å². The number of benzene rings is 3. The molecule has 0 fully saturated rings. The number of nitrogens with one attached hydrogen (secondary N) is 1. The zero-order valence-electron chi connectivity index (χ0n) is 17.0. The van der Waals surface area contributed by atoms with Crippen LogP contribution in [0.1, 0.15) is 24.1 Å². The van der Waals surface area contributed by atoms with Crippen LogP contribution < -0.4 is 10.1 Å². The summed E-state index contributed by atoms with van der Waals surface area (Å²) < 4.78 is 11.5. The average Bonchev–Trinajstić information content (AvgIpc) is 2.78. The van der Waals surface area contributed by atoms with Crippen molar-refractivity contribution in [2.45, 2.75) is 19.6 Å². The van der Waals surface area contributed by atoms with Crippen molar-refractivity contribution in [3.63, 3.8) is 0 Å². The van der Waals surface area contributed by atoms with Gasteiger partial charge in [0, 0.05) is 5.71 Å². The Balaban J connectivity index is 1.56. The molecule has 3 aromatic rings. The molecule has 6 nitrogen and oxygen atoms in total. The molecule has 0 saturated heterocycles. The summed E-state index contributed by atoms with van der Waals surface area (Å²) in [7, 11) is 0. The van der Waals surface area contributed by atoms with Crippen LogP contribution in [-0.4, -0.2) is 17.7 Å². The second-order valence-corrected chi connectivity index (χ2v) is 7.24. The Kier molecular flexibility index (Phi) is 6.08. The number of rotatable bonds is 6. The monoisotopic (exact) mass is 414 g/mol. The highest BCUT2D eigenvalue weighted by Crippen LogP contribution is 2.31. The summed E-state index contributed by atoms with van der Waals surface area (Å²) in [6, 6.07) is 25.1. The van der Waals surface area contributed by atoms with Gasteiger partial charge in [-0.15, -0.1) is 0 Å². The Morgan fingerprint density at radius 2 is 1.61 bits per heavy atom. The number of aliphatic imine (C=N–C) groups is 1. The van der Waals surface area contributed by atoms with Gasteiger partial charge in [0.1, 0.15) is 24.0 Å². The number of urea groups is 1. The first-order valence-electron chi connectivity index (χ1n) is 9.99. The standard InChI is InChI=1S/C25H22N2O4/c1-17-22(24(28)30-16-18-9-4-2-5-10-18)23(27-25(29)26-17)19-11-8-14-21(15-19)31-20-12-6-3-7-13-20/h2-15,22-23H,16H2,1H3,(H,27,29). The smallest absolute Gasteiger partial charge is 0.341 e. The van der Waals surface area contributed by atoms with Crippen molar-refractivity contribution in [3.8, 4) is 11.5 Å². The number of ether oxygens (including phenoxy) is 2. The highest BCUT2D eigenvalue weighted by molar-refractivity contribution is 6.08. The minimum absolute atomic E-state index is 0.154. The van der Waals surface area contributed by atoms with Crippen molar-refractivity contribution >= 4 is 17.7 Å². The lowest BCUT2D eigenvalue weighted by Crippen LogP contribution is -2.44. The lowest BCUT2D eigenvalue weighted by atomic mass is 9.88. The first-order valence-corrected chi connectivity index (χ1v) is 9.99. The molecule has 0 spiro atoms. The van der Waals surface area contributed by atoms with Gasteiger partial charge >= 0.3 is 12.0 Å². The Morgan fingerprint density at radius 1 is 0.935 bits per heavy atom. The number of esters is 1. The first-order chi connectivity index (χ1) is 15.1. The van der Waals surface area contributed by atoms with Crippen LogP contribution in [0.2, 0.25) is 0 Å². The Labute approximate surface area is 180 Å². The van der Waals surface area contributed by atoms with Gasteiger partial charge in [0.05, 0.1) is 6.04 Å². The van der Waals surface area contributed by atoms with E-state index in [-0.39, 0.29) is 6.61 Å². The van der Waals surface area contributed by atoms with E-state index in [4.69, 9.17) is 9.47 Å². The lowest BCUT2D eigenvalue weighted by Gasteiger charge is -2.30. The topological polar surface area (TPSA) is 77.0 Å². The van der Waals surface area contributed by atoms with E-state index in [0.29, 0.717) is 17.2 Å². The van der Waals surface area contributed by atoms with Crippen LogP contribution >= 0.6 is 0 Å². The van der Waals surface area contributed by atoms with Crippen LogP contribution in [-0.2, 0) is 16.1 Å². The van der Waals surface area contributed by atoms with Gasteiger partial charge in [-0.25, -0.2) is 9.79 Å². The number of amides is 2. The minimum Gasteiger partial charge on any atom is -0.460 e. The molecule has 1 aliphatic heterocycles. The fraction of sp³-hybridized carbons (Fsp3) is 0.160. The van der Waals surface area contributed by atoms with Crippen molar-refractivity contribution in [2.75, 3.05) is 0 Å². The third kappa shape index (κ3) is 4.98. The zero-order chi connectivity index (χ0) is 21.6. The number of para-hydroxylation sites is 1. The number of hydrogen-bond acceptors (Lipinski definition) is 4. The molecule has 0 saturated carbocycles. The lowest BCUT2D eigenvalue weighted by molar-refractivity contribution is -0.148. The highest BCUT2D eigenvalue weighted by atomic mass is 16.5. The second-order valence-electron chi connectivity index (χ2n) is 7.24. The third-order valence-corrected chi connectivity index (χ3v) is 5.01. The molecule has 0 aromatic heterocycles. The molecule has 1 aliphatic rings. The van der Waals surface area contributed by atoms with Crippen LogP contribution in [0.4, 0.5) is 4.79 Å². The van der Waals surface area contributed by atoms with Crippen molar-refractivity contribution < 1.29 is 19.1 Å². The fourth-order valence-electron chi connectivity index (χ4n) is 3.52. The molecular formula is C25H22N2O4. The van der Waals surface area contributed by atoms with Crippen LogP contribution in [0, 0.1) is 5.92 Å². The van der Waals surface area contributed by atoms with E-state index < -0.39 is 24.0 Å². The third-order valence-electron chi connectivity index (χ3n) is 5.01. The molecule has 2 unspecified atom stereocenters. The van der Waals surface area contributed by atoms with Crippen LogP contribution in [0.25, 0.3) is 0 Å². The largest absolute Gasteiger partial charge is 0.460 e. The van der Waals surface area contributed by atoms with E-state index in [1.807, 2.05) is 84.9 Å². The van der Waals surface area contributed by atoms with Gasteiger partial charge in [-0.3, -0.25) is 4.79 Å². The summed E-state index contributed by atoms with van der Waals surface area (Å²) in [5.41, 5.74) is 2.04.